The molecule has 0 radical (unpaired) electrons. The van der Waals surface area contributed by atoms with Crippen LogP contribution in [-0.2, 0) is 19.1 Å². The van der Waals surface area contributed by atoms with Crippen LogP contribution in [-0.4, -0.2) is 55.9 Å². The third kappa shape index (κ3) is 5.50. The normalized spacial score (nSPS) is 15.0. The van der Waals surface area contributed by atoms with Crippen LogP contribution in [0, 0.1) is 0 Å². The van der Waals surface area contributed by atoms with E-state index in [2.05, 4.69) is 0 Å². The van der Waals surface area contributed by atoms with E-state index < -0.39 is 12.1 Å². The van der Waals surface area contributed by atoms with E-state index in [4.69, 9.17) is 14.2 Å². The second-order valence-electron chi connectivity index (χ2n) is 6.18. The maximum atomic E-state index is 13.0. The number of methoxy groups -OCH3 is 1. The number of benzene rings is 2. The van der Waals surface area contributed by atoms with Gasteiger partial charge in [-0.05, 0) is 24.3 Å². The SMILES string of the molecule is COc1ccc(SCC(=O)O[C@@H](C(=O)N2CCOCC2)c2ccccc2)cc1. The third-order valence-corrected chi connectivity index (χ3v) is 5.30. The molecule has 0 bridgehead atoms. The average molecular weight is 401 g/mol. The molecule has 0 saturated carbocycles. The Labute approximate surface area is 168 Å². The maximum Gasteiger partial charge on any atom is 0.317 e. The van der Waals surface area contributed by atoms with Crippen molar-refractivity contribution in [2.24, 2.45) is 0 Å². The van der Waals surface area contributed by atoms with E-state index in [0.29, 0.717) is 31.9 Å². The Morgan fingerprint density at radius 1 is 1.07 bits per heavy atom. The van der Waals surface area contributed by atoms with E-state index in [1.807, 2.05) is 42.5 Å². The Bertz CT molecular complexity index is 775. The maximum absolute atomic E-state index is 13.0. The molecule has 1 amide bonds. The van der Waals surface area contributed by atoms with Crippen LogP contribution < -0.4 is 4.74 Å². The van der Waals surface area contributed by atoms with Gasteiger partial charge in [0, 0.05) is 23.5 Å². The predicted octanol–water partition coefficient (Wildman–Crippen LogP) is 2.93. The number of thioether (sulfide) groups is 1. The van der Waals surface area contributed by atoms with Crippen LogP contribution in [0.1, 0.15) is 11.7 Å². The minimum absolute atomic E-state index is 0.117. The van der Waals surface area contributed by atoms with Crippen molar-refractivity contribution in [3.8, 4) is 5.75 Å². The molecule has 1 fully saturated rings. The first kappa shape index (κ1) is 20.2. The lowest BCUT2D eigenvalue weighted by atomic mass is 10.1. The molecule has 0 N–H and O–H groups in total. The first-order valence-corrected chi connectivity index (χ1v) is 10.0. The van der Waals surface area contributed by atoms with E-state index in [9.17, 15) is 9.59 Å². The van der Waals surface area contributed by atoms with Crippen LogP contribution in [0.2, 0.25) is 0 Å². The van der Waals surface area contributed by atoms with Crippen LogP contribution >= 0.6 is 11.8 Å². The highest BCUT2D eigenvalue weighted by Gasteiger charge is 2.30. The van der Waals surface area contributed by atoms with Gasteiger partial charge in [-0.3, -0.25) is 9.59 Å². The van der Waals surface area contributed by atoms with Crippen molar-refractivity contribution in [1.82, 2.24) is 4.90 Å². The minimum Gasteiger partial charge on any atom is -0.497 e. The lowest BCUT2D eigenvalue weighted by Crippen LogP contribution is -2.44. The van der Waals surface area contributed by atoms with Gasteiger partial charge in [0.1, 0.15) is 5.75 Å². The summed E-state index contributed by atoms with van der Waals surface area (Å²) in [6.07, 6.45) is -0.941. The van der Waals surface area contributed by atoms with Crippen LogP contribution in [0.4, 0.5) is 0 Å². The Kier molecular flexibility index (Phi) is 7.33. The number of ether oxygens (including phenoxy) is 3. The van der Waals surface area contributed by atoms with Crippen molar-refractivity contribution < 1.29 is 23.8 Å². The number of carbonyl (C=O) groups excluding carboxylic acids is 2. The van der Waals surface area contributed by atoms with Gasteiger partial charge in [0.25, 0.3) is 5.91 Å². The van der Waals surface area contributed by atoms with Crippen molar-refractivity contribution in [1.29, 1.82) is 0 Å². The summed E-state index contributed by atoms with van der Waals surface area (Å²) < 4.78 is 16.0. The lowest BCUT2D eigenvalue weighted by Gasteiger charge is -2.30. The fourth-order valence-corrected chi connectivity index (χ4v) is 3.50. The highest BCUT2D eigenvalue weighted by molar-refractivity contribution is 8.00. The molecule has 1 aliphatic rings. The number of rotatable bonds is 7. The van der Waals surface area contributed by atoms with Gasteiger partial charge in [0.2, 0.25) is 6.10 Å². The molecule has 3 rings (SSSR count). The van der Waals surface area contributed by atoms with E-state index in [1.54, 1.807) is 24.1 Å². The van der Waals surface area contributed by atoms with Gasteiger partial charge in [0.15, 0.2) is 0 Å². The van der Waals surface area contributed by atoms with Crippen LogP contribution in [0.3, 0.4) is 0 Å². The lowest BCUT2D eigenvalue weighted by molar-refractivity contribution is -0.160. The van der Waals surface area contributed by atoms with E-state index >= 15 is 0 Å². The molecular formula is C21H23NO5S. The van der Waals surface area contributed by atoms with Crippen molar-refractivity contribution >= 4 is 23.6 Å². The van der Waals surface area contributed by atoms with Crippen molar-refractivity contribution in [2.45, 2.75) is 11.0 Å². The molecule has 7 heteroatoms. The molecule has 2 aromatic rings. The molecule has 28 heavy (non-hydrogen) atoms. The molecule has 1 saturated heterocycles. The average Bonchev–Trinajstić information content (AvgIpc) is 2.77. The molecular weight excluding hydrogens is 378 g/mol. The van der Waals surface area contributed by atoms with Gasteiger partial charge in [-0.15, -0.1) is 11.8 Å². The molecule has 2 aromatic carbocycles. The summed E-state index contributed by atoms with van der Waals surface area (Å²) in [5.41, 5.74) is 0.668. The summed E-state index contributed by atoms with van der Waals surface area (Å²) in [7, 11) is 1.61. The topological polar surface area (TPSA) is 65.1 Å². The van der Waals surface area contributed by atoms with Crippen LogP contribution in [0.15, 0.2) is 59.5 Å². The zero-order valence-electron chi connectivity index (χ0n) is 15.7. The van der Waals surface area contributed by atoms with Gasteiger partial charge in [0.05, 0.1) is 26.1 Å². The van der Waals surface area contributed by atoms with Crippen molar-refractivity contribution in [3.63, 3.8) is 0 Å². The number of nitrogens with zero attached hydrogens (tertiary/aromatic N) is 1. The molecule has 1 atom stereocenters. The Balaban J connectivity index is 1.64. The molecule has 0 aliphatic carbocycles. The quantitative estimate of drug-likeness (QED) is 0.525. The Hall–Kier alpha value is -2.51. The van der Waals surface area contributed by atoms with Crippen LogP contribution in [0.5, 0.6) is 5.75 Å². The number of hydrogen-bond acceptors (Lipinski definition) is 6. The third-order valence-electron chi connectivity index (χ3n) is 4.31. The molecule has 148 valence electrons. The standard InChI is InChI=1S/C21H23NO5S/c1-25-17-7-9-18(10-8-17)28-15-19(23)27-20(16-5-3-2-4-6-16)21(24)22-11-13-26-14-12-22/h2-10,20H,11-15H2,1H3/t20-/m1/s1. The summed E-state index contributed by atoms with van der Waals surface area (Å²) in [6, 6.07) is 16.5. The predicted molar refractivity (Wildman–Crippen MR) is 106 cm³/mol. The van der Waals surface area contributed by atoms with Gasteiger partial charge in [-0.2, -0.15) is 0 Å². The molecule has 0 aromatic heterocycles. The smallest absolute Gasteiger partial charge is 0.317 e. The fourth-order valence-electron chi connectivity index (χ4n) is 2.82. The zero-order chi connectivity index (χ0) is 19.8. The van der Waals surface area contributed by atoms with Crippen molar-refractivity contribution in [2.75, 3.05) is 39.2 Å². The number of carbonyl (C=O) groups is 2. The summed E-state index contributed by atoms with van der Waals surface area (Å²) in [5.74, 6) is 0.229. The minimum atomic E-state index is -0.941. The van der Waals surface area contributed by atoms with E-state index in [1.165, 1.54) is 11.8 Å². The second-order valence-corrected chi connectivity index (χ2v) is 7.23. The van der Waals surface area contributed by atoms with Gasteiger partial charge >= 0.3 is 5.97 Å². The Morgan fingerprint density at radius 3 is 2.39 bits per heavy atom. The highest BCUT2D eigenvalue weighted by Crippen LogP contribution is 2.24. The summed E-state index contributed by atoms with van der Waals surface area (Å²) in [6.45, 7) is 1.99. The zero-order valence-corrected chi connectivity index (χ0v) is 16.5. The second kappa shape index (κ2) is 10.1. The number of amides is 1. The summed E-state index contributed by atoms with van der Waals surface area (Å²) in [5, 5.41) is 0. The van der Waals surface area contributed by atoms with Gasteiger partial charge < -0.3 is 19.1 Å². The molecule has 1 heterocycles. The number of morpholine rings is 1. The first-order valence-electron chi connectivity index (χ1n) is 9.05. The van der Waals surface area contributed by atoms with Crippen molar-refractivity contribution in [3.05, 3.63) is 60.2 Å². The van der Waals surface area contributed by atoms with Crippen LogP contribution in [0.25, 0.3) is 0 Å². The largest absolute Gasteiger partial charge is 0.497 e. The summed E-state index contributed by atoms with van der Waals surface area (Å²) in [4.78, 5) is 28.0. The fraction of sp³-hybridized carbons (Fsp3) is 0.333. The summed E-state index contributed by atoms with van der Waals surface area (Å²) >= 11 is 1.36. The first-order chi connectivity index (χ1) is 13.7. The molecule has 0 unspecified atom stereocenters. The monoisotopic (exact) mass is 401 g/mol. The molecule has 0 spiro atoms. The van der Waals surface area contributed by atoms with E-state index in [0.717, 1.165) is 10.6 Å². The molecule has 1 aliphatic heterocycles. The number of esters is 1. The van der Waals surface area contributed by atoms with Gasteiger partial charge in [-0.25, -0.2) is 0 Å². The highest BCUT2D eigenvalue weighted by atomic mass is 32.2. The van der Waals surface area contributed by atoms with E-state index in [-0.39, 0.29) is 11.7 Å². The number of hydrogen-bond donors (Lipinski definition) is 0. The molecule has 6 nitrogen and oxygen atoms in total. The Morgan fingerprint density at radius 2 is 1.75 bits per heavy atom. The van der Waals surface area contributed by atoms with Gasteiger partial charge in [-0.1, -0.05) is 30.3 Å².